The van der Waals surface area contributed by atoms with E-state index < -0.39 is 0 Å². The number of aromatic nitrogens is 5. The van der Waals surface area contributed by atoms with Gasteiger partial charge >= 0.3 is 0 Å². The predicted molar refractivity (Wildman–Crippen MR) is 92.6 cm³/mol. The molecule has 3 heterocycles. The first-order valence-electron chi connectivity index (χ1n) is 7.01. The van der Waals surface area contributed by atoms with Crippen LogP contribution in [0.25, 0.3) is 21.9 Å². The van der Waals surface area contributed by atoms with Crippen molar-refractivity contribution in [2.45, 2.75) is 10.8 Å². The Labute approximate surface area is 141 Å². The number of nitrogens with zero attached hydrogens (tertiary/aromatic N) is 5. The van der Waals surface area contributed by atoms with Gasteiger partial charge in [0.05, 0.1) is 17.1 Å². The van der Waals surface area contributed by atoms with Gasteiger partial charge in [-0.15, -0.1) is 11.8 Å². The van der Waals surface area contributed by atoms with Gasteiger partial charge in [-0.3, -0.25) is 9.67 Å². The Hall–Kier alpha value is -2.18. The highest BCUT2D eigenvalue weighted by Gasteiger charge is 2.11. The second-order valence-corrected chi connectivity index (χ2v) is 6.45. The molecular weight excluding hydrogens is 330 g/mol. The van der Waals surface area contributed by atoms with Crippen molar-refractivity contribution < 1.29 is 0 Å². The maximum Gasteiger partial charge on any atom is 0.162 e. The van der Waals surface area contributed by atoms with E-state index in [0.717, 1.165) is 43.3 Å². The van der Waals surface area contributed by atoms with Crippen LogP contribution >= 0.6 is 23.4 Å². The highest BCUT2D eigenvalue weighted by molar-refractivity contribution is 7.98. The molecule has 0 spiro atoms. The third kappa shape index (κ3) is 2.54. The Morgan fingerprint density at radius 1 is 1.13 bits per heavy atom. The molecule has 4 aromatic rings. The molecule has 0 fully saturated rings. The molecule has 7 heteroatoms. The Morgan fingerprint density at radius 2 is 2.04 bits per heavy atom. The van der Waals surface area contributed by atoms with E-state index in [1.54, 1.807) is 35.2 Å². The van der Waals surface area contributed by atoms with Crippen molar-refractivity contribution in [2.24, 2.45) is 7.05 Å². The minimum atomic E-state index is 0.721. The lowest BCUT2D eigenvalue weighted by Gasteiger charge is -2.07. The number of halogens is 1. The van der Waals surface area contributed by atoms with Crippen molar-refractivity contribution in [1.29, 1.82) is 0 Å². The van der Waals surface area contributed by atoms with Crippen molar-refractivity contribution in [3.05, 3.63) is 53.6 Å². The zero-order valence-electron chi connectivity index (χ0n) is 12.3. The smallest absolute Gasteiger partial charge is 0.162 e. The molecule has 0 bridgehead atoms. The maximum atomic E-state index is 6.25. The monoisotopic (exact) mass is 341 g/mol. The predicted octanol–water partition coefficient (Wildman–Crippen LogP) is 3.86. The van der Waals surface area contributed by atoms with Gasteiger partial charge in [-0.05, 0) is 23.8 Å². The molecule has 0 aliphatic carbocycles. The molecule has 5 nitrogen and oxygen atoms in total. The number of aryl methyl sites for hydroxylation is 1. The maximum absolute atomic E-state index is 6.25. The summed E-state index contributed by atoms with van der Waals surface area (Å²) in [7, 11) is 1.88. The average molecular weight is 342 g/mol. The quantitative estimate of drug-likeness (QED) is 0.418. The number of thioether (sulfide) groups is 1. The fourth-order valence-corrected chi connectivity index (χ4v) is 3.68. The summed E-state index contributed by atoms with van der Waals surface area (Å²) in [5.74, 6) is 0.756. The summed E-state index contributed by atoms with van der Waals surface area (Å²) >= 11 is 7.90. The summed E-state index contributed by atoms with van der Waals surface area (Å²) in [5, 5.41) is 7.82. The van der Waals surface area contributed by atoms with E-state index >= 15 is 0 Å². The van der Waals surface area contributed by atoms with E-state index in [4.69, 9.17) is 11.6 Å². The van der Waals surface area contributed by atoms with Crippen LogP contribution in [0.1, 0.15) is 5.56 Å². The van der Waals surface area contributed by atoms with Gasteiger partial charge in [-0.25, -0.2) is 9.97 Å². The molecule has 23 heavy (non-hydrogen) atoms. The van der Waals surface area contributed by atoms with Crippen LogP contribution in [0, 0.1) is 0 Å². The summed E-state index contributed by atoms with van der Waals surface area (Å²) in [6, 6.07) is 7.82. The number of rotatable bonds is 3. The molecule has 0 radical (unpaired) electrons. The molecule has 0 unspecified atom stereocenters. The van der Waals surface area contributed by atoms with E-state index in [9.17, 15) is 0 Å². The lowest BCUT2D eigenvalue weighted by molar-refractivity contribution is 0.784. The Balaban J connectivity index is 1.70. The molecule has 3 aromatic heterocycles. The summed E-state index contributed by atoms with van der Waals surface area (Å²) in [6.07, 6.45) is 5.16. The lowest BCUT2D eigenvalue weighted by Crippen LogP contribution is -1.93. The highest BCUT2D eigenvalue weighted by atomic mass is 35.5. The molecule has 114 valence electrons. The van der Waals surface area contributed by atoms with Gasteiger partial charge in [0.1, 0.15) is 11.4 Å². The van der Waals surface area contributed by atoms with E-state index in [1.165, 1.54) is 0 Å². The molecule has 0 saturated heterocycles. The summed E-state index contributed by atoms with van der Waals surface area (Å²) < 4.78 is 1.75. The lowest BCUT2D eigenvalue weighted by atomic mass is 10.1. The molecular formula is C16H12ClN5S. The van der Waals surface area contributed by atoms with Crippen LogP contribution in [-0.2, 0) is 12.8 Å². The van der Waals surface area contributed by atoms with Crippen LogP contribution in [-0.4, -0.2) is 24.7 Å². The number of fused-ring (bicyclic) bond motifs is 2. The van der Waals surface area contributed by atoms with Crippen molar-refractivity contribution in [3.63, 3.8) is 0 Å². The SMILES string of the molecule is Cn1ncc2c(SCc3ccc(Cl)c4cccnc34)ncnc21. The van der Waals surface area contributed by atoms with Crippen molar-refractivity contribution in [3.8, 4) is 0 Å². The molecule has 0 aliphatic rings. The standard InChI is InChI=1S/C16H12ClN5S/c1-22-15-12(7-21-22)16(20-9-19-15)23-8-10-4-5-13(17)11-3-2-6-18-14(10)11/h2-7,9H,8H2,1H3. The van der Waals surface area contributed by atoms with Crippen molar-refractivity contribution in [1.82, 2.24) is 24.7 Å². The topological polar surface area (TPSA) is 56.5 Å². The van der Waals surface area contributed by atoms with Crippen molar-refractivity contribution >= 4 is 45.3 Å². The van der Waals surface area contributed by atoms with Gasteiger partial charge in [0.2, 0.25) is 0 Å². The first-order chi connectivity index (χ1) is 11.2. The van der Waals surface area contributed by atoms with Crippen molar-refractivity contribution in [2.75, 3.05) is 0 Å². The molecule has 1 aromatic carbocycles. The molecule has 0 atom stereocenters. The van der Waals surface area contributed by atoms with E-state index in [2.05, 4.69) is 20.1 Å². The summed E-state index contributed by atoms with van der Waals surface area (Å²) in [5.41, 5.74) is 2.90. The average Bonchev–Trinajstić information content (AvgIpc) is 2.97. The third-order valence-corrected chi connectivity index (χ3v) is 5.04. The second kappa shape index (κ2) is 5.79. The number of benzene rings is 1. The van der Waals surface area contributed by atoms with E-state index in [1.807, 2.05) is 31.3 Å². The molecule has 4 rings (SSSR count). The van der Waals surface area contributed by atoms with Crippen LogP contribution in [0.4, 0.5) is 0 Å². The third-order valence-electron chi connectivity index (χ3n) is 3.66. The molecule has 0 N–H and O–H groups in total. The number of hydrogen-bond acceptors (Lipinski definition) is 5. The fraction of sp³-hybridized carbons (Fsp3) is 0.125. The van der Waals surface area contributed by atoms with Gasteiger partial charge in [-0.2, -0.15) is 5.10 Å². The Morgan fingerprint density at radius 3 is 2.96 bits per heavy atom. The zero-order valence-corrected chi connectivity index (χ0v) is 13.8. The second-order valence-electron chi connectivity index (χ2n) is 5.08. The summed E-state index contributed by atoms with van der Waals surface area (Å²) in [6.45, 7) is 0. The number of hydrogen-bond donors (Lipinski definition) is 0. The number of pyridine rings is 1. The van der Waals surface area contributed by atoms with Crippen LogP contribution in [0.15, 0.2) is 48.0 Å². The van der Waals surface area contributed by atoms with E-state index in [-0.39, 0.29) is 0 Å². The van der Waals surface area contributed by atoms with E-state index in [0.29, 0.717) is 0 Å². The first-order valence-corrected chi connectivity index (χ1v) is 8.38. The Kier molecular flexibility index (Phi) is 3.63. The van der Waals surface area contributed by atoms with Gasteiger partial charge in [0.15, 0.2) is 5.65 Å². The first kappa shape index (κ1) is 14.4. The normalized spacial score (nSPS) is 11.4. The van der Waals surface area contributed by atoms with Crippen LogP contribution < -0.4 is 0 Å². The zero-order chi connectivity index (χ0) is 15.8. The molecule has 0 saturated carbocycles. The van der Waals surface area contributed by atoms with Gasteiger partial charge in [0.25, 0.3) is 0 Å². The molecule has 0 amide bonds. The van der Waals surface area contributed by atoms with Crippen LogP contribution in [0.3, 0.4) is 0 Å². The minimum Gasteiger partial charge on any atom is -0.256 e. The minimum absolute atomic E-state index is 0.721. The van der Waals surface area contributed by atoms with Gasteiger partial charge in [-0.1, -0.05) is 17.7 Å². The Bertz CT molecular complexity index is 1010. The summed E-state index contributed by atoms with van der Waals surface area (Å²) in [4.78, 5) is 13.1. The largest absolute Gasteiger partial charge is 0.256 e. The van der Waals surface area contributed by atoms with Crippen LogP contribution in [0.2, 0.25) is 5.02 Å². The van der Waals surface area contributed by atoms with Gasteiger partial charge < -0.3 is 0 Å². The molecule has 0 aliphatic heterocycles. The highest BCUT2D eigenvalue weighted by Crippen LogP contribution is 2.31. The van der Waals surface area contributed by atoms with Crippen LogP contribution in [0.5, 0.6) is 0 Å². The van der Waals surface area contributed by atoms with Gasteiger partial charge in [0, 0.05) is 29.4 Å². The fourth-order valence-electron chi connectivity index (χ4n) is 2.51.